The number of methoxy groups -OCH3 is 1. The zero-order chi connectivity index (χ0) is 19.4. The Kier molecular flexibility index (Phi) is 6.46. The molecule has 27 heavy (non-hydrogen) atoms. The lowest BCUT2D eigenvalue weighted by molar-refractivity contribution is -0.125. The number of hydrogen-bond acceptors (Lipinski definition) is 5. The minimum absolute atomic E-state index is 0.0826. The van der Waals surface area contributed by atoms with E-state index in [1.165, 1.54) is 13.2 Å². The fourth-order valence-corrected chi connectivity index (χ4v) is 3.72. The van der Waals surface area contributed by atoms with E-state index in [-0.39, 0.29) is 36.4 Å². The number of pyridine rings is 1. The van der Waals surface area contributed by atoms with Crippen molar-refractivity contribution in [1.82, 2.24) is 15.2 Å². The van der Waals surface area contributed by atoms with Crippen molar-refractivity contribution in [3.8, 4) is 11.8 Å². The summed E-state index contributed by atoms with van der Waals surface area (Å²) in [5.41, 5.74) is 0.448. The maximum atomic E-state index is 14.4. The molecular formula is C19H27F2N3O3. The van der Waals surface area contributed by atoms with Gasteiger partial charge in [-0.25, -0.2) is 8.78 Å². The summed E-state index contributed by atoms with van der Waals surface area (Å²) in [7, 11) is 3.36. The van der Waals surface area contributed by atoms with Gasteiger partial charge >= 0.3 is 0 Å². The Labute approximate surface area is 158 Å². The van der Waals surface area contributed by atoms with Crippen LogP contribution in [0.3, 0.4) is 0 Å². The fourth-order valence-electron chi connectivity index (χ4n) is 3.72. The Balaban J connectivity index is 1.64. The van der Waals surface area contributed by atoms with Gasteiger partial charge in [-0.05, 0) is 58.2 Å². The topological polar surface area (TPSA) is 63.7 Å². The molecular weight excluding hydrogens is 356 g/mol. The average molecular weight is 383 g/mol. The Morgan fingerprint density at radius 1 is 1.30 bits per heavy atom. The maximum Gasteiger partial charge on any atom is 0.254 e. The van der Waals surface area contributed by atoms with E-state index in [9.17, 15) is 13.6 Å². The second kappa shape index (κ2) is 8.82. The number of carbonyl (C=O) groups excluding carboxylic acids is 1. The molecule has 0 bridgehead atoms. The van der Waals surface area contributed by atoms with Crippen molar-refractivity contribution in [3.63, 3.8) is 0 Å². The van der Waals surface area contributed by atoms with Crippen molar-refractivity contribution in [2.24, 2.45) is 0 Å². The smallest absolute Gasteiger partial charge is 0.254 e. The minimum atomic E-state index is -0.804. The Bertz CT molecular complexity index is 666. The molecule has 3 rings (SSSR count). The number of carbonyl (C=O) groups is 1. The summed E-state index contributed by atoms with van der Waals surface area (Å²) in [6, 6.07) is 1.13. The summed E-state index contributed by atoms with van der Waals surface area (Å²) in [6.07, 6.45) is 2.68. The van der Waals surface area contributed by atoms with Gasteiger partial charge in [0.25, 0.3) is 5.88 Å². The van der Waals surface area contributed by atoms with Crippen LogP contribution in [0, 0.1) is 5.82 Å². The SMILES string of the molecule is COc1nc(OC2CCC(F)CC2)c(F)cc1CNC(=O)C1CCCN1C. The number of amides is 1. The van der Waals surface area contributed by atoms with Gasteiger partial charge in [-0.2, -0.15) is 4.98 Å². The number of likely N-dealkylation sites (tertiary alicyclic amines) is 1. The standard InChI is InChI=1S/C19H27F2N3O3/c1-24-9-3-4-16(24)17(25)22-11-12-10-15(21)19(23-18(12)26-2)27-14-7-5-13(20)6-8-14/h10,13-14,16H,3-9,11H2,1-2H3,(H,22,25). The van der Waals surface area contributed by atoms with E-state index in [1.54, 1.807) is 0 Å². The third kappa shape index (κ3) is 4.86. The number of ether oxygens (including phenoxy) is 2. The molecule has 0 aromatic carbocycles. The normalized spacial score (nSPS) is 26.0. The molecule has 8 heteroatoms. The summed E-state index contributed by atoms with van der Waals surface area (Å²) in [5, 5.41) is 2.83. The quantitative estimate of drug-likeness (QED) is 0.818. The molecule has 150 valence electrons. The molecule has 1 atom stereocenters. The largest absolute Gasteiger partial charge is 0.481 e. The van der Waals surface area contributed by atoms with Crippen molar-refractivity contribution in [2.45, 2.75) is 63.4 Å². The highest BCUT2D eigenvalue weighted by Crippen LogP contribution is 2.29. The van der Waals surface area contributed by atoms with E-state index in [1.807, 2.05) is 11.9 Å². The molecule has 2 heterocycles. The third-order valence-corrected chi connectivity index (χ3v) is 5.33. The molecule has 2 aliphatic rings. The molecule has 1 amide bonds. The number of likely N-dealkylation sites (N-methyl/N-ethyl adjacent to an activating group) is 1. The van der Waals surface area contributed by atoms with Crippen molar-refractivity contribution < 1.29 is 23.0 Å². The van der Waals surface area contributed by atoms with Crippen LogP contribution in [0.5, 0.6) is 11.8 Å². The molecule has 1 saturated carbocycles. The summed E-state index contributed by atoms with van der Waals surface area (Å²) < 4.78 is 38.6. The molecule has 1 aliphatic heterocycles. The first-order valence-corrected chi connectivity index (χ1v) is 9.50. The van der Waals surface area contributed by atoms with Crippen LogP contribution >= 0.6 is 0 Å². The molecule has 2 fully saturated rings. The number of halogens is 2. The van der Waals surface area contributed by atoms with Gasteiger partial charge in [-0.1, -0.05) is 0 Å². The van der Waals surface area contributed by atoms with E-state index in [0.717, 1.165) is 19.4 Å². The highest BCUT2D eigenvalue weighted by molar-refractivity contribution is 5.82. The van der Waals surface area contributed by atoms with Crippen LogP contribution in [0.1, 0.15) is 44.1 Å². The van der Waals surface area contributed by atoms with Gasteiger partial charge in [0.15, 0.2) is 5.82 Å². The number of nitrogens with zero attached hydrogens (tertiary/aromatic N) is 2. The Morgan fingerprint density at radius 3 is 2.67 bits per heavy atom. The molecule has 1 N–H and O–H groups in total. The molecule has 6 nitrogen and oxygen atoms in total. The molecule has 0 radical (unpaired) electrons. The Hall–Kier alpha value is -1.96. The van der Waals surface area contributed by atoms with Gasteiger partial charge in [-0.15, -0.1) is 0 Å². The van der Waals surface area contributed by atoms with E-state index in [2.05, 4.69) is 10.3 Å². The summed E-state index contributed by atoms with van der Waals surface area (Å²) in [5.74, 6) is -0.619. The number of aromatic nitrogens is 1. The first kappa shape index (κ1) is 19.8. The van der Waals surface area contributed by atoms with E-state index in [4.69, 9.17) is 9.47 Å². The van der Waals surface area contributed by atoms with Crippen molar-refractivity contribution >= 4 is 5.91 Å². The van der Waals surface area contributed by atoms with Crippen LogP contribution in [0.15, 0.2) is 6.07 Å². The van der Waals surface area contributed by atoms with Gasteiger partial charge in [0.1, 0.15) is 12.3 Å². The first-order valence-electron chi connectivity index (χ1n) is 9.50. The summed E-state index contributed by atoms with van der Waals surface area (Å²) >= 11 is 0. The second-order valence-electron chi connectivity index (χ2n) is 7.29. The predicted octanol–water partition coefficient (Wildman–Crippen LogP) is 2.60. The van der Waals surface area contributed by atoms with Crippen LogP contribution in [-0.2, 0) is 11.3 Å². The molecule has 0 spiro atoms. The first-order chi connectivity index (χ1) is 13.0. The van der Waals surface area contributed by atoms with Crippen LogP contribution in [0.4, 0.5) is 8.78 Å². The fraction of sp³-hybridized carbons (Fsp3) is 0.684. The van der Waals surface area contributed by atoms with Gasteiger partial charge < -0.3 is 14.8 Å². The van der Waals surface area contributed by atoms with Gasteiger partial charge in [-0.3, -0.25) is 9.69 Å². The number of rotatable bonds is 6. The van der Waals surface area contributed by atoms with E-state index >= 15 is 0 Å². The zero-order valence-electron chi connectivity index (χ0n) is 15.8. The average Bonchev–Trinajstić information content (AvgIpc) is 3.09. The molecule has 1 aliphatic carbocycles. The number of nitrogens with one attached hydrogen (secondary N) is 1. The van der Waals surface area contributed by atoms with Crippen molar-refractivity contribution in [2.75, 3.05) is 20.7 Å². The molecule has 1 aromatic rings. The summed E-state index contributed by atoms with van der Waals surface area (Å²) in [6.45, 7) is 1.03. The number of alkyl halides is 1. The maximum absolute atomic E-state index is 14.4. The van der Waals surface area contributed by atoms with Crippen LogP contribution < -0.4 is 14.8 Å². The monoisotopic (exact) mass is 383 g/mol. The van der Waals surface area contributed by atoms with E-state index in [0.29, 0.717) is 31.2 Å². The third-order valence-electron chi connectivity index (χ3n) is 5.33. The number of hydrogen-bond donors (Lipinski definition) is 1. The van der Waals surface area contributed by atoms with Gasteiger partial charge in [0.2, 0.25) is 11.8 Å². The molecule has 1 saturated heterocycles. The van der Waals surface area contributed by atoms with Crippen LogP contribution in [0.25, 0.3) is 0 Å². The Morgan fingerprint density at radius 2 is 2.04 bits per heavy atom. The van der Waals surface area contributed by atoms with Crippen molar-refractivity contribution in [1.29, 1.82) is 0 Å². The minimum Gasteiger partial charge on any atom is -0.481 e. The molecule has 1 aromatic heterocycles. The zero-order valence-corrected chi connectivity index (χ0v) is 15.8. The van der Waals surface area contributed by atoms with Gasteiger partial charge in [0.05, 0.1) is 13.2 Å². The second-order valence-corrected chi connectivity index (χ2v) is 7.29. The van der Waals surface area contributed by atoms with Gasteiger partial charge in [0, 0.05) is 12.1 Å². The predicted molar refractivity (Wildman–Crippen MR) is 96.0 cm³/mol. The van der Waals surface area contributed by atoms with E-state index < -0.39 is 12.0 Å². The lowest BCUT2D eigenvalue weighted by Gasteiger charge is -2.25. The highest BCUT2D eigenvalue weighted by atomic mass is 19.1. The lowest BCUT2D eigenvalue weighted by Crippen LogP contribution is -2.41. The highest BCUT2D eigenvalue weighted by Gasteiger charge is 2.28. The molecule has 1 unspecified atom stereocenters. The van der Waals surface area contributed by atoms with Crippen LogP contribution in [-0.4, -0.2) is 54.8 Å². The lowest BCUT2D eigenvalue weighted by atomic mass is 9.96. The van der Waals surface area contributed by atoms with Crippen LogP contribution in [0.2, 0.25) is 0 Å². The summed E-state index contributed by atoms with van der Waals surface area (Å²) in [4.78, 5) is 18.4. The van der Waals surface area contributed by atoms with Crippen molar-refractivity contribution in [3.05, 3.63) is 17.4 Å².